The van der Waals surface area contributed by atoms with Gasteiger partial charge in [-0.1, -0.05) is 6.92 Å². The molecule has 0 aliphatic heterocycles. The van der Waals surface area contributed by atoms with Gasteiger partial charge in [-0.2, -0.15) is 0 Å². The zero-order valence-corrected chi connectivity index (χ0v) is 19.5. The number of hydrogen-bond acceptors (Lipinski definition) is 9. The molecule has 4 rings (SSSR count). The molecule has 1 aromatic carbocycles. The molecule has 3 aliphatic carbocycles. The molecular formula is C22H20INO9. The first kappa shape index (κ1) is 23.5. The van der Waals surface area contributed by atoms with Crippen LogP contribution in [-0.4, -0.2) is 56.9 Å². The standard InChI is InChI=1S/C22H20INO9/c1-2-13(27)33-18-8-5-7-10(23)3-4-11(25)14(7)17(28)15(8)19(29)22(32)9(18)6-12(26)16(20(22)30)21(24)31/h3-4,8-9,15-16,18,25,32H,2,5-6H2,1H3,(H2,24,31)/t8-,9-,15?,16?,18+,22+/m1/s1. The van der Waals surface area contributed by atoms with E-state index in [1.165, 1.54) is 13.0 Å². The molecule has 0 bridgehead atoms. The van der Waals surface area contributed by atoms with Gasteiger partial charge in [0, 0.05) is 28.2 Å². The van der Waals surface area contributed by atoms with Crippen molar-refractivity contribution < 1.29 is 43.7 Å². The molecule has 6 atom stereocenters. The first-order valence-corrected chi connectivity index (χ1v) is 11.4. The van der Waals surface area contributed by atoms with E-state index >= 15 is 0 Å². The zero-order chi connectivity index (χ0) is 24.4. The fourth-order valence-electron chi connectivity index (χ4n) is 5.32. The van der Waals surface area contributed by atoms with Crippen LogP contribution >= 0.6 is 22.6 Å². The Labute approximate surface area is 201 Å². The highest BCUT2D eigenvalue weighted by Gasteiger charge is 2.70. The van der Waals surface area contributed by atoms with Crippen LogP contribution in [0.5, 0.6) is 5.75 Å². The number of aliphatic hydroxyl groups is 1. The molecule has 0 heterocycles. The number of halogens is 1. The van der Waals surface area contributed by atoms with Crippen molar-refractivity contribution in [3.8, 4) is 5.75 Å². The number of hydrogen-bond donors (Lipinski definition) is 3. The van der Waals surface area contributed by atoms with Gasteiger partial charge in [0.1, 0.15) is 11.9 Å². The number of benzene rings is 1. The first-order valence-electron chi connectivity index (χ1n) is 10.3. The van der Waals surface area contributed by atoms with Gasteiger partial charge in [-0.25, -0.2) is 0 Å². The molecule has 174 valence electrons. The summed E-state index contributed by atoms with van der Waals surface area (Å²) in [5, 5.41) is 21.7. The van der Waals surface area contributed by atoms with Gasteiger partial charge in [0.05, 0.1) is 11.5 Å². The summed E-state index contributed by atoms with van der Waals surface area (Å²) >= 11 is 1.97. The summed E-state index contributed by atoms with van der Waals surface area (Å²) in [6, 6.07) is 2.88. The number of rotatable bonds is 3. The second kappa shape index (κ2) is 7.97. The SMILES string of the molecule is CCC(=O)O[C@H]1[C@@H]2Cc3c(I)ccc(O)c3C(=O)C2C(=O)[C@]2(O)C(=O)C(C(N)=O)C(=O)C[C@H]12. The van der Waals surface area contributed by atoms with E-state index in [0.717, 1.165) is 0 Å². The summed E-state index contributed by atoms with van der Waals surface area (Å²) in [4.78, 5) is 76.7. The highest BCUT2D eigenvalue weighted by atomic mass is 127. The van der Waals surface area contributed by atoms with Crippen molar-refractivity contribution in [3.05, 3.63) is 26.8 Å². The maximum atomic E-state index is 13.5. The molecule has 1 aromatic rings. The molecule has 4 N–H and O–H groups in total. The van der Waals surface area contributed by atoms with Gasteiger partial charge in [-0.3, -0.25) is 28.8 Å². The lowest BCUT2D eigenvalue weighted by Gasteiger charge is -2.52. The summed E-state index contributed by atoms with van der Waals surface area (Å²) in [6.45, 7) is 1.52. The third-order valence-electron chi connectivity index (χ3n) is 6.87. The number of phenolic OH excluding ortho intramolecular Hbond substituents is 1. The Morgan fingerprint density at radius 2 is 1.85 bits per heavy atom. The Bertz CT molecular complexity index is 1140. The van der Waals surface area contributed by atoms with Gasteiger partial charge < -0.3 is 20.7 Å². The normalized spacial score (nSPS) is 33.1. The van der Waals surface area contributed by atoms with E-state index in [9.17, 15) is 39.0 Å². The van der Waals surface area contributed by atoms with E-state index in [-0.39, 0.29) is 24.2 Å². The number of nitrogens with two attached hydrogens (primary N) is 1. The van der Waals surface area contributed by atoms with Crippen LogP contribution in [0.15, 0.2) is 12.1 Å². The molecule has 0 aromatic heterocycles. The van der Waals surface area contributed by atoms with Crippen LogP contribution in [0.4, 0.5) is 0 Å². The van der Waals surface area contributed by atoms with Crippen LogP contribution in [0.1, 0.15) is 35.7 Å². The van der Waals surface area contributed by atoms with Crippen molar-refractivity contribution in [1.29, 1.82) is 0 Å². The fourth-order valence-corrected chi connectivity index (χ4v) is 5.99. The monoisotopic (exact) mass is 569 g/mol. The lowest BCUT2D eigenvalue weighted by Crippen LogP contribution is -2.72. The minimum absolute atomic E-state index is 0.0278. The third kappa shape index (κ3) is 3.23. The van der Waals surface area contributed by atoms with Crippen molar-refractivity contribution in [2.24, 2.45) is 29.4 Å². The van der Waals surface area contributed by atoms with Gasteiger partial charge in [0.15, 0.2) is 34.7 Å². The number of carbonyl (C=O) groups excluding carboxylic acids is 6. The van der Waals surface area contributed by atoms with Gasteiger partial charge in [-0.05, 0) is 46.7 Å². The van der Waals surface area contributed by atoms with Crippen LogP contribution in [0.2, 0.25) is 0 Å². The number of aromatic hydroxyl groups is 1. The minimum atomic E-state index is -2.92. The quantitative estimate of drug-likeness (QED) is 0.254. The van der Waals surface area contributed by atoms with Crippen LogP contribution in [0, 0.1) is 27.2 Å². The average molecular weight is 569 g/mol. The molecule has 0 spiro atoms. The molecule has 33 heavy (non-hydrogen) atoms. The Morgan fingerprint density at radius 3 is 2.45 bits per heavy atom. The van der Waals surface area contributed by atoms with Crippen LogP contribution in [0.3, 0.4) is 0 Å². The second-order valence-corrected chi connectivity index (χ2v) is 9.71. The third-order valence-corrected chi connectivity index (χ3v) is 7.88. The van der Waals surface area contributed by atoms with E-state index in [1.54, 1.807) is 6.07 Å². The lowest BCUT2D eigenvalue weighted by atomic mass is 9.52. The van der Waals surface area contributed by atoms with Crippen molar-refractivity contribution in [2.45, 2.75) is 37.9 Å². The van der Waals surface area contributed by atoms with E-state index in [2.05, 4.69) is 0 Å². The topological polar surface area (TPSA) is 178 Å². The molecular weight excluding hydrogens is 549 g/mol. The predicted molar refractivity (Wildman–Crippen MR) is 117 cm³/mol. The fraction of sp³-hybridized carbons (Fsp3) is 0.455. The molecule has 3 aliphatic rings. The number of Topliss-reactive ketones (excluding diaryl/α,β-unsaturated/α-hetero) is 4. The van der Waals surface area contributed by atoms with E-state index in [0.29, 0.717) is 9.13 Å². The number of ether oxygens (including phenoxy) is 1. The largest absolute Gasteiger partial charge is 0.507 e. The second-order valence-electron chi connectivity index (χ2n) is 8.55. The Hall–Kier alpha value is -2.67. The number of ketones is 4. The maximum absolute atomic E-state index is 13.5. The van der Waals surface area contributed by atoms with Crippen molar-refractivity contribution in [1.82, 2.24) is 0 Å². The number of primary amides is 1. The van der Waals surface area contributed by atoms with Gasteiger partial charge in [-0.15, -0.1) is 0 Å². The molecule has 0 saturated heterocycles. The number of amides is 1. The number of phenols is 1. The summed E-state index contributed by atoms with van der Waals surface area (Å²) in [7, 11) is 0. The Balaban J connectivity index is 1.92. The molecule has 10 nitrogen and oxygen atoms in total. The molecule has 2 saturated carbocycles. The number of esters is 1. The van der Waals surface area contributed by atoms with Crippen molar-refractivity contribution in [2.75, 3.05) is 0 Å². The van der Waals surface area contributed by atoms with Gasteiger partial charge in [0.25, 0.3) is 0 Å². The van der Waals surface area contributed by atoms with E-state index in [1.807, 2.05) is 22.6 Å². The highest BCUT2D eigenvalue weighted by Crippen LogP contribution is 2.51. The minimum Gasteiger partial charge on any atom is -0.507 e. The Kier molecular flexibility index (Phi) is 5.68. The van der Waals surface area contributed by atoms with Gasteiger partial charge >= 0.3 is 5.97 Å². The van der Waals surface area contributed by atoms with Crippen molar-refractivity contribution >= 4 is 57.6 Å². The summed E-state index contributed by atoms with van der Waals surface area (Å²) < 4.78 is 6.16. The van der Waals surface area contributed by atoms with E-state index in [4.69, 9.17) is 10.5 Å². The molecule has 0 radical (unpaired) electrons. The summed E-state index contributed by atoms with van der Waals surface area (Å²) in [5.74, 6) is -12.8. The molecule has 11 heteroatoms. The first-order chi connectivity index (χ1) is 15.4. The highest BCUT2D eigenvalue weighted by molar-refractivity contribution is 14.1. The van der Waals surface area contributed by atoms with Crippen molar-refractivity contribution in [3.63, 3.8) is 0 Å². The van der Waals surface area contributed by atoms with Gasteiger partial charge in [0.2, 0.25) is 5.91 Å². The Morgan fingerprint density at radius 1 is 1.18 bits per heavy atom. The van der Waals surface area contributed by atoms with Crippen LogP contribution < -0.4 is 5.73 Å². The average Bonchev–Trinajstić information content (AvgIpc) is 2.75. The van der Waals surface area contributed by atoms with Crippen LogP contribution in [-0.2, 0) is 35.1 Å². The predicted octanol–water partition coefficient (Wildman–Crippen LogP) is -0.137. The number of fused-ring (bicyclic) bond motifs is 3. The maximum Gasteiger partial charge on any atom is 0.305 e. The smallest absolute Gasteiger partial charge is 0.305 e. The number of carbonyl (C=O) groups is 6. The summed E-state index contributed by atoms with van der Waals surface area (Å²) in [6.07, 6.45) is -1.98. The van der Waals surface area contributed by atoms with E-state index < -0.39 is 76.8 Å². The molecule has 2 unspecified atom stereocenters. The molecule has 1 amide bonds. The van der Waals surface area contributed by atoms with Crippen LogP contribution in [0.25, 0.3) is 0 Å². The molecule has 2 fully saturated rings. The summed E-state index contributed by atoms with van der Waals surface area (Å²) in [5.41, 5.74) is 2.60. The lowest BCUT2D eigenvalue weighted by molar-refractivity contribution is -0.197. The zero-order valence-electron chi connectivity index (χ0n) is 17.4.